The summed E-state index contributed by atoms with van der Waals surface area (Å²) in [5.74, 6) is 1.80. The number of benzene rings is 2. The van der Waals surface area contributed by atoms with Crippen molar-refractivity contribution in [3.63, 3.8) is 0 Å². The van der Waals surface area contributed by atoms with Crippen molar-refractivity contribution in [1.29, 1.82) is 0 Å². The van der Waals surface area contributed by atoms with Gasteiger partial charge in [-0.25, -0.2) is 0 Å². The van der Waals surface area contributed by atoms with Crippen LogP contribution in [-0.4, -0.2) is 32.5 Å². The molecule has 2 aromatic carbocycles. The van der Waals surface area contributed by atoms with Crippen LogP contribution in [0, 0.1) is 0 Å². The topological polar surface area (TPSA) is 73.9 Å². The lowest BCUT2D eigenvalue weighted by Crippen LogP contribution is -2.23. The number of Topliss-reactive ketones (excluding diaryl/α,β-unsaturated/α-hetero) is 1. The molecule has 0 radical (unpaired) electrons. The van der Waals surface area contributed by atoms with Gasteiger partial charge in [0.15, 0.2) is 5.78 Å². The number of ketones is 1. The first-order chi connectivity index (χ1) is 13.1. The lowest BCUT2D eigenvalue weighted by atomic mass is 10.1. The number of methoxy groups -OCH3 is 2. The molecule has 2 aromatic rings. The van der Waals surface area contributed by atoms with Gasteiger partial charge in [-0.15, -0.1) is 0 Å². The van der Waals surface area contributed by atoms with E-state index in [0.29, 0.717) is 30.2 Å². The molecule has 2 rings (SSSR count). The molecule has 0 aliphatic heterocycles. The van der Waals surface area contributed by atoms with Crippen molar-refractivity contribution in [1.82, 2.24) is 5.32 Å². The SMILES string of the molecule is CCOc1ccc(C(=O)CCC(=O)NCc2cc(OC)ccc2OC)cc1. The van der Waals surface area contributed by atoms with Crippen LogP contribution in [0.1, 0.15) is 35.7 Å². The summed E-state index contributed by atoms with van der Waals surface area (Å²) in [6, 6.07) is 12.3. The van der Waals surface area contributed by atoms with Crippen molar-refractivity contribution in [2.45, 2.75) is 26.3 Å². The molecule has 0 saturated heterocycles. The maximum absolute atomic E-state index is 12.2. The lowest BCUT2D eigenvalue weighted by molar-refractivity contribution is -0.121. The summed E-state index contributed by atoms with van der Waals surface area (Å²) in [6.45, 7) is 2.78. The first-order valence-corrected chi connectivity index (χ1v) is 8.81. The number of hydrogen-bond donors (Lipinski definition) is 1. The van der Waals surface area contributed by atoms with Gasteiger partial charge in [-0.3, -0.25) is 9.59 Å². The molecule has 0 bridgehead atoms. The summed E-state index contributed by atoms with van der Waals surface area (Å²) in [5, 5.41) is 2.81. The van der Waals surface area contributed by atoms with Gasteiger partial charge in [0.1, 0.15) is 17.2 Å². The Morgan fingerprint density at radius 1 is 0.926 bits per heavy atom. The highest BCUT2D eigenvalue weighted by atomic mass is 16.5. The number of carbonyl (C=O) groups excluding carboxylic acids is 2. The Bertz CT molecular complexity index is 771. The van der Waals surface area contributed by atoms with Crippen LogP contribution < -0.4 is 19.5 Å². The predicted molar refractivity (Wildman–Crippen MR) is 103 cm³/mol. The van der Waals surface area contributed by atoms with Crippen LogP contribution in [0.25, 0.3) is 0 Å². The third-order valence-electron chi connectivity index (χ3n) is 4.03. The Kier molecular flexibility index (Phi) is 7.67. The molecule has 6 heteroatoms. The van der Waals surface area contributed by atoms with Gasteiger partial charge >= 0.3 is 0 Å². The minimum Gasteiger partial charge on any atom is -0.497 e. The van der Waals surface area contributed by atoms with E-state index in [9.17, 15) is 9.59 Å². The summed E-state index contributed by atoms with van der Waals surface area (Å²) in [5.41, 5.74) is 1.38. The summed E-state index contributed by atoms with van der Waals surface area (Å²) in [6.07, 6.45) is 0.271. The fourth-order valence-electron chi connectivity index (χ4n) is 2.58. The van der Waals surface area contributed by atoms with Crippen LogP contribution in [0.2, 0.25) is 0 Å². The second kappa shape index (κ2) is 10.2. The van der Waals surface area contributed by atoms with E-state index in [1.807, 2.05) is 13.0 Å². The standard InChI is InChI=1S/C21H25NO5/c1-4-27-17-7-5-15(6-8-17)19(23)10-12-21(24)22-14-16-13-18(25-2)9-11-20(16)26-3/h5-9,11,13H,4,10,12,14H2,1-3H3,(H,22,24). The van der Waals surface area contributed by atoms with Crippen LogP contribution in [0.15, 0.2) is 42.5 Å². The molecule has 1 amide bonds. The molecular formula is C21H25NO5. The highest BCUT2D eigenvalue weighted by Crippen LogP contribution is 2.23. The fourth-order valence-corrected chi connectivity index (χ4v) is 2.58. The van der Waals surface area contributed by atoms with Crippen molar-refractivity contribution >= 4 is 11.7 Å². The first kappa shape index (κ1) is 20.3. The molecule has 0 unspecified atom stereocenters. The van der Waals surface area contributed by atoms with Crippen LogP contribution in [0.3, 0.4) is 0 Å². The Labute approximate surface area is 159 Å². The van der Waals surface area contributed by atoms with Crippen LogP contribution in [0.4, 0.5) is 0 Å². The molecule has 0 saturated carbocycles. The Morgan fingerprint density at radius 2 is 1.63 bits per heavy atom. The van der Waals surface area contributed by atoms with Gasteiger partial charge in [-0.05, 0) is 49.4 Å². The second-order valence-corrected chi connectivity index (χ2v) is 5.84. The van der Waals surface area contributed by atoms with Crippen molar-refractivity contribution in [3.05, 3.63) is 53.6 Å². The van der Waals surface area contributed by atoms with Gasteiger partial charge in [0, 0.05) is 30.5 Å². The van der Waals surface area contributed by atoms with Gasteiger partial charge in [-0.1, -0.05) is 0 Å². The average Bonchev–Trinajstić information content (AvgIpc) is 2.71. The van der Waals surface area contributed by atoms with E-state index >= 15 is 0 Å². The summed E-state index contributed by atoms with van der Waals surface area (Å²) in [7, 11) is 3.15. The maximum atomic E-state index is 12.2. The first-order valence-electron chi connectivity index (χ1n) is 8.81. The monoisotopic (exact) mass is 371 g/mol. The van der Waals surface area contributed by atoms with Gasteiger partial charge in [0.2, 0.25) is 5.91 Å². The van der Waals surface area contributed by atoms with Crippen LogP contribution >= 0.6 is 0 Å². The van der Waals surface area contributed by atoms with E-state index < -0.39 is 0 Å². The summed E-state index contributed by atoms with van der Waals surface area (Å²) < 4.78 is 15.8. The molecule has 1 N–H and O–H groups in total. The Balaban J connectivity index is 1.84. The highest BCUT2D eigenvalue weighted by molar-refractivity contribution is 5.98. The van der Waals surface area contributed by atoms with E-state index in [1.165, 1.54) is 0 Å². The van der Waals surface area contributed by atoms with Crippen molar-refractivity contribution < 1.29 is 23.8 Å². The van der Waals surface area contributed by atoms with E-state index in [4.69, 9.17) is 14.2 Å². The summed E-state index contributed by atoms with van der Waals surface area (Å²) >= 11 is 0. The minimum atomic E-state index is -0.195. The quantitative estimate of drug-likeness (QED) is 0.648. The largest absolute Gasteiger partial charge is 0.497 e. The lowest BCUT2D eigenvalue weighted by Gasteiger charge is -2.11. The number of ether oxygens (including phenoxy) is 3. The number of rotatable bonds is 10. The fraction of sp³-hybridized carbons (Fsp3) is 0.333. The smallest absolute Gasteiger partial charge is 0.220 e. The van der Waals surface area contributed by atoms with Crippen molar-refractivity contribution in [2.24, 2.45) is 0 Å². The van der Waals surface area contributed by atoms with Gasteiger partial charge < -0.3 is 19.5 Å². The molecule has 0 fully saturated rings. The molecule has 6 nitrogen and oxygen atoms in total. The predicted octanol–water partition coefficient (Wildman–Crippen LogP) is 3.38. The molecule has 0 spiro atoms. The Morgan fingerprint density at radius 3 is 2.26 bits per heavy atom. The van der Waals surface area contributed by atoms with E-state index in [1.54, 1.807) is 50.6 Å². The average molecular weight is 371 g/mol. The van der Waals surface area contributed by atoms with Crippen molar-refractivity contribution in [3.8, 4) is 17.2 Å². The molecule has 0 aliphatic rings. The number of hydrogen-bond acceptors (Lipinski definition) is 5. The van der Waals surface area contributed by atoms with E-state index in [-0.39, 0.29) is 24.5 Å². The van der Waals surface area contributed by atoms with Crippen LogP contribution in [0.5, 0.6) is 17.2 Å². The van der Waals surface area contributed by atoms with Gasteiger partial charge in [-0.2, -0.15) is 0 Å². The van der Waals surface area contributed by atoms with Crippen molar-refractivity contribution in [2.75, 3.05) is 20.8 Å². The van der Waals surface area contributed by atoms with E-state index in [0.717, 1.165) is 11.3 Å². The minimum absolute atomic E-state index is 0.0767. The maximum Gasteiger partial charge on any atom is 0.220 e. The third-order valence-corrected chi connectivity index (χ3v) is 4.03. The molecule has 0 aliphatic carbocycles. The van der Waals surface area contributed by atoms with Crippen LogP contribution in [-0.2, 0) is 11.3 Å². The molecular weight excluding hydrogens is 346 g/mol. The zero-order chi connectivity index (χ0) is 19.6. The summed E-state index contributed by atoms with van der Waals surface area (Å²) in [4.78, 5) is 24.3. The zero-order valence-electron chi connectivity index (χ0n) is 15.9. The number of carbonyl (C=O) groups is 2. The molecule has 144 valence electrons. The number of nitrogens with one attached hydrogen (secondary N) is 1. The van der Waals surface area contributed by atoms with Gasteiger partial charge in [0.25, 0.3) is 0 Å². The normalized spacial score (nSPS) is 10.2. The molecule has 0 atom stereocenters. The third kappa shape index (κ3) is 6.02. The van der Waals surface area contributed by atoms with Gasteiger partial charge in [0.05, 0.1) is 20.8 Å². The second-order valence-electron chi connectivity index (χ2n) is 5.84. The molecule has 27 heavy (non-hydrogen) atoms. The zero-order valence-corrected chi connectivity index (χ0v) is 15.9. The molecule has 0 aromatic heterocycles. The Hall–Kier alpha value is -3.02. The number of amides is 1. The van der Waals surface area contributed by atoms with E-state index in [2.05, 4.69) is 5.32 Å². The molecule has 0 heterocycles. The highest BCUT2D eigenvalue weighted by Gasteiger charge is 2.11.